The van der Waals surface area contributed by atoms with Crippen molar-refractivity contribution in [3.8, 4) is 0 Å². The Balaban J connectivity index is 2.67. The van der Waals surface area contributed by atoms with Gasteiger partial charge in [-0.3, -0.25) is 0 Å². The zero-order chi connectivity index (χ0) is 8.81. The number of hydrogen-bond donors (Lipinski definition) is 2. The quantitative estimate of drug-likeness (QED) is 0.495. The Hall–Kier alpha value is -0.900. The Labute approximate surface area is 72.7 Å². The van der Waals surface area contributed by atoms with Gasteiger partial charge in [0, 0.05) is 18.7 Å². The van der Waals surface area contributed by atoms with E-state index in [9.17, 15) is 0 Å². The topological polar surface area (TPSA) is 37.9 Å². The second-order valence-electron chi connectivity index (χ2n) is 2.63. The van der Waals surface area contributed by atoms with Gasteiger partial charge in [-0.1, -0.05) is 12.1 Å². The third kappa shape index (κ3) is 2.62. The molecule has 0 amide bonds. The van der Waals surface area contributed by atoms with Gasteiger partial charge in [0.15, 0.2) is 5.69 Å². The van der Waals surface area contributed by atoms with Crippen LogP contribution in [0.5, 0.6) is 0 Å². The molecule has 66 valence electrons. The first-order valence-corrected chi connectivity index (χ1v) is 3.96. The van der Waals surface area contributed by atoms with Gasteiger partial charge in [0.05, 0.1) is 7.11 Å². The van der Waals surface area contributed by atoms with Crippen molar-refractivity contribution < 1.29 is 10.3 Å². The summed E-state index contributed by atoms with van der Waals surface area (Å²) in [6.45, 7) is 0.894. The van der Waals surface area contributed by atoms with Gasteiger partial charge in [0.2, 0.25) is 0 Å². The highest BCUT2D eigenvalue weighted by Crippen LogP contribution is 2.04. The van der Waals surface area contributed by atoms with Crippen LogP contribution in [-0.4, -0.2) is 14.2 Å². The van der Waals surface area contributed by atoms with Crippen LogP contribution in [0.15, 0.2) is 24.3 Å². The number of rotatable bonds is 4. The summed E-state index contributed by atoms with van der Waals surface area (Å²) in [7, 11) is 3.59. The predicted molar refractivity (Wildman–Crippen MR) is 47.8 cm³/mol. The van der Waals surface area contributed by atoms with Crippen LogP contribution in [0.3, 0.4) is 0 Å². The van der Waals surface area contributed by atoms with E-state index in [2.05, 4.69) is 17.4 Å². The van der Waals surface area contributed by atoms with Gasteiger partial charge in [-0.25, -0.2) is 4.84 Å². The summed E-state index contributed by atoms with van der Waals surface area (Å²) in [5.41, 5.74) is 4.10. The maximum Gasteiger partial charge on any atom is 0.162 e. The molecule has 0 heterocycles. The lowest BCUT2D eigenvalue weighted by molar-refractivity contribution is -0.830. The maximum atomic E-state index is 4.92. The van der Waals surface area contributed by atoms with Crippen molar-refractivity contribution in [3.63, 3.8) is 0 Å². The standard InChI is InChI=1S/C9H14N2O/c1-10-7-8-4-3-5-9(6-8)11-12-2/h3-6,10-11H,7H2,1-2H3/p+1. The van der Waals surface area contributed by atoms with Crippen LogP contribution in [0.4, 0.5) is 5.69 Å². The smallest absolute Gasteiger partial charge is 0.162 e. The average Bonchev–Trinajstić information content (AvgIpc) is 2.06. The first kappa shape index (κ1) is 9.19. The van der Waals surface area contributed by atoms with Crippen LogP contribution in [0.1, 0.15) is 5.56 Å². The molecule has 0 spiro atoms. The van der Waals surface area contributed by atoms with Gasteiger partial charge in [-0.15, -0.1) is 0 Å². The van der Waals surface area contributed by atoms with E-state index < -0.39 is 0 Å². The highest BCUT2D eigenvalue weighted by atomic mass is 16.6. The van der Waals surface area contributed by atoms with Crippen LogP contribution < -0.4 is 10.8 Å². The molecule has 1 aromatic carbocycles. The first-order valence-electron chi connectivity index (χ1n) is 3.96. The molecular weight excluding hydrogens is 152 g/mol. The van der Waals surface area contributed by atoms with Crippen molar-refractivity contribution in [2.75, 3.05) is 14.2 Å². The molecule has 0 saturated heterocycles. The fourth-order valence-electron chi connectivity index (χ4n) is 1.12. The highest BCUT2D eigenvalue weighted by molar-refractivity contribution is 5.32. The minimum atomic E-state index is 0.894. The van der Waals surface area contributed by atoms with Crippen molar-refractivity contribution in [3.05, 3.63) is 29.8 Å². The lowest BCUT2D eigenvalue weighted by Gasteiger charge is -2.00. The number of benzene rings is 1. The Morgan fingerprint density at radius 1 is 1.50 bits per heavy atom. The molecule has 1 rings (SSSR count). The van der Waals surface area contributed by atoms with Gasteiger partial charge in [0.1, 0.15) is 0 Å². The third-order valence-corrected chi connectivity index (χ3v) is 1.59. The van der Waals surface area contributed by atoms with Gasteiger partial charge in [0.25, 0.3) is 0 Å². The summed E-state index contributed by atoms with van der Waals surface area (Å²) in [5, 5.41) is 3.10. The normalized spacial score (nSPS) is 10.2. The van der Waals surface area contributed by atoms with Crippen LogP contribution >= 0.6 is 0 Å². The summed E-state index contributed by atoms with van der Waals surface area (Å²) in [6, 6.07) is 8.23. The molecule has 3 nitrogen and oxygen atoms in total. The molecule has 12 heavy (non-hydrogen) atoms. The van der Waals surface area contributed by atoms with E-state index in [1.165, 1.54) is 5.56 Å². The van der Waals surface area contributed by atoms with Gasteiger partial charge in [-0.2, -0.15) is 5.48 Å². The predicted octanol–water partition coefficient (Wildman–Crippen LogP) is 0.162. The molecule has 3 N–H and O–H groups in total. The SMILES string of the molecule is CNCc1cccc([NH2+]OC)c1. The summed E-state index contributed by atoms with van der Waals surface area (Å²) in [6.07, 6.45) is 0. The highest BCUT2D eigenvalue weighted by Gasteiger charge is 1.96. The molecule has 0 aliphatic rings. The summed E-state index contributed by atoms with van der Waals surface area (Å²) >= 11 is 0. The Morgan fingerprint density at radius 2 is 2.33 bits per heavy atom. The van der Waals surface area contributed by atoms with E-state index in [4.69, 9.17) is 4.84 Å². The molecule has 0 aliphatic carbocycles. The molecule has 0 saturated carbocycles. The summed E-state index contributed by atoms with van der Waals surface area (Å²) in [4.78, 5) is 4.92. The van der Waals surface area contributed by atoms with Crippen molar-refractivity contribution in [1.82, 2.24) is 5.32 Å². The minimum Gasteiger partial charge on any atom is -0.316 e. The van der Waals surface area contributed by atoms with Crippen LogP contribution in [-0.2, 0) is 11.4 Å². The molecular formula is C9H15N2O+. The van der Waals surface area contributed by atoms with E-state index in [-0.39, 0.29) is 0 Å². The maximum absolute atomic E-state index is 4.92. The van der Waals surface area contributed by atoms with Crippen LogP contribution in [0.2, 0.25) is 0 Å². The largest absolute Gasteiger partial charge is 0.316 e. The molecule has 0 fully saturated rings. The van der Waals surface area contributed by atoms with E-state index in [1.807, 2.05) is 19.2 Å². The fraction of sp³-hybridized carbons (Fsp3) is 0.333. The third-order valence-electron chi connectivity index (χ3n) is 1.59. The van der Waals surface area contributed by atoms with Gasteiger partial charge in [-0.05, 0) is 12.6 Å². The van der Waals surface area contributed by atoms with E-state index >= 15 is 0 Å². The van der Waals surface area contributed by atoms with Crippen molar-refractivity contribution >= 4 is 5.69 Å². The molecule has 0 bridgehead atoms. The Kier molecular flexibility index (Phi) is 3.73. The number of quaternary nitrogens is 1. The van der Waals surface area contributed by atoms with Crippen molar-refractivity contribution in [2.24, 2.45) is 0 Å². The summed E-state index contributed by atoms with van der Waals surface area (Å²) < 4.78 is 0. The number of nitrogens with two attached hydrogens (primary N) is 1. The van der Waals surface area contributed by atoms with Crippen molar-refractivity contribution in [1.29, 1.82) is 0 Å². The number of nitrogens with one attached hydrogen (secondary N) is 1. The van der Waals surface area contributed by atoms with Crippen LogP contribution in [0.25, 0.3) is 0 Å². The molecule has 3 heteroatoms. The van der Waals surface area contributed by atoms with E-state index in [0.717, 1.165) is 12.2 Å². The zero-order valence-corrected chi connectivity index (χ0v) is 7.50. The molecule has 1 aromatic rings. The van der Waals surface area contributed by atoms with Crippen molar-refractivity contribution in [2.45, 2.75) is 6.54 Å². The lowest BCUT2D eigenvalue weighted by Crippen LogP contribution is -2.75. The fourth-order valence-corrected chi connectivity index (χ4v) is 1.12. The van der Waals surface area contributed by atoms with Gasteiger partial charge >= 0.3 is 0 Å². The summed E-state index contributed by atoms with van der Waals surface area (Å²) in [5.74, 6) is 0. The number of hydrogen-bond acceptors (Lipinski definition) is 2. The lowest BCUT2D eigenvalue weighted by atomic mass is 10.2. The van der Waals surface area contributed by atoms with Crippen LogP contribution in [0, 0.1) is 0 Å². The minimum absolute atomic E-state index is 0.894. The first-order chi connectivity index (χ1) is 5.86. The molecule has 0 aliphatic heterocycles. The second-order valence-corrected chi connectivity index (χ2v) is 2.63. The molecule has 0 unspecified atom stereocenters. The zero-order valence-electron chi connectivity index (χ0n) is 7.50. The Morgan fingerprint density at radius 3 is 3.00 bits per heavy atom. The van der Waals surface area contributed by atoms with Gasteiger partial charge < -0.3 is 5.32 Å². The average molecular weight is 167 g/mol. The Bertz CT molecular complexity index is 216. The van der Waals surface area contributed by atoms with E-state index in [0.29, 0.717) is 0 Å². The molecule has 0 radical (unpaired) electrons. The second kappa shape index (κ2) is 4.87. The van der Waals surface area contributed by atoms with E-state index in [1.54, 1.807) is 12.6 Å². The molecule has 0 aromatic heterocycles. The molecule has 0 atom stereocenters. The monoisotopic (exact) mass is 167 g/mol.